The summed E-state index contributed by atoms with van der Waals surface area (Å²) in [5.74, 6) is 0.795. The standard InChI is InChI=1S/C18H25NO3/c1-13-10-16(17(20)22-13)19-12-18(8-3-4-9-18)14-6-5-7-15(11-14)21-2/h5-7,11,13,16,19H,3-4,8-10,12H2,1-2H3. The number of benzene rings is 1. The fourth-order valence-corrected chi connectivity index (χ4v) is 3.81. The smallest absolute Gasteiger partial charge is 0.323 e. The first-order valence-electron chi connectivity index (χ1n) is 8.21. The van der Waals surface area contributed by atoms with Gasteiger partial charge in [0.05, 0.1) is 7.11 Å². The largest absolute Gasteiger partial charge is 0.497 e. The van der Waals surface area contributed by atoms with Gasteiger partial charge in [-0.05, 0) is 37.5 Å². The van der Waals surface area contributed by atoms with Gasteiger partial charge >= 0.3 is 5.97 Å². The predicted octanol–water partition coefficient (Wildman–Crippen LogP) is 2.80. The van der Waals surface area contributed by atoms with Crippen LogP contribution < -0.4 is 10.1 Å². The normalized spacial score (nSPS) is 26.9. The van der Waals surface area contributed by atoms with E-state index in [1.807, 2.05) is 13.0 Å². The number of carbonyl (C=O) groups is 1. The second-order valence-corrected chi connectivity index (χ2v) is 6.64. The van der Waals surface area contributed by atoms with Crippen LogP contribution in [0.5, 0.6) is 5.75 Å². The number of ether oxygens (including phenoxy) is 2. The zero-order valence-electron chi connectivity index (χ0n) is 13.4. The van der Waals surface area contributed by atoms with Crippen molar-refractivity contribution in [3.8, 4) is 5.75 Å². The highest BCUT2D eigenvalue weighted by molar-refractivity contribution is 5.77. The minimum Gasteiger partial charge on any atom is -0.497 e. The van der Waals surface area contributed by atoms with Crippen molar-refractivity contribution in [3.63, 3.8) is 0 Å². The first-order chi connectivity index (χ1) is 10.6. The molecule has 0 spiro atoms. The zero-order chi connectivity index (χ0) is 15.6. The van der Waals surface area contributed by atoms with Gasteiger partial charge in [-0.2, -0.15) is 0 Å². The molecule has 120 valence electrons. The third-order valence-electron chi connectivity index (χ3n) is 5.10. The van der Waals surface area contributed by atoms with Gasteiger partial charge < -0.3 is 14.8 Å². The molecule has 3 rings (SSSR count). The second-order valence-electron chi connectivity index (χ2n) is 6.64. The summed E-state index contributed by atoms with van der Waals surface area (Å²) in [5, 5.41) is 3.47. The summed E-state index contributed by atoms with van der Waals surface area (Å²) in [5.41, 5.74) is 1.43. The molecule has 1 aliphatic carbocycles. The Labute approximate surface area is 132 Å². The van der Waals surface area contributed by atoms with Crippen molar-refractivity contribution in [1.29, 1.82) is 0 Å². The summed E-state index contributed by atoms with van der Waals surface area (Å²) in [6, 6.07) is 8.21. The van der Waals surface area contributed by atoms with E-state index in [1.165, 1.54) is 18.4 Å². The zero-order valence-corrected chi connectivity index (χ0v) is 13.4. The molecule has 22 heavy (non-hydrogen) atoms. The topological polar surface area (TPSA) is 47.6 Å². The van der Waals surface area contributed by atoms with Crippen molar-refractivity contribution in [3.05, 3.63) is 29.8 Å². The molecule has 4 nitrogen and oxygen atoms in total. The third kappa shape index (κ3) is 2.98. The number of esters is 1. The molecule has 1 aliphatic heterocycles. The molecule has 2 atom stereocenters. The molecule has 2 aliphatic rings. The van der Waals surface area contributed by atoms with E-state index < -0.39 is 0 Å². The number of hydrogen-bond acceptors (Lipinski definition) is 4. The van der Waals surface area contributed by atoms with Gasteiger partial charge in [0, 0.05) is 18.4 Å². The summed E-state index contributed by atoms with van der Waals surface area (Å²) in [7, 11) is 1.70. The Hall–Kier alpha value is -1.55. The number of cyclic esters (lactones) is 1. The summed E-state index contributed by atoms with van der Waals surface area (Å²) >= 11 is 0. The number of nitrogens with one attached hydrogen (secondary N) is 1. The average molecular weight is 303 g/mol. The van der Waals surface area contributed by atoms with Crippen LogP contribution in [0.25, 0.3) is 0 Å². The highest BCUT2D eigenvalue weighted by Gasteiger charge is 2.38. The number of hydrogen-bond donors (Lipinski definition) is 1. The number of carbonyl (C=O) groups excluding carboxylic acids is 1. The van der Waals surface area contributed by atoms with Gasteiger partial charge in [0.25, 0.3) is 0 Å². The molecule has 1 saturated heterocycles. The van der Waals surface area contributed by atoms with Crippen molar-refractivity contribution >= 4 is 5.97 Å². The Kier molecular flexibility index (Phi) is 4.39. The van der Waals surface area contributed by atoms with E-state index in [9.17, 15) is 4.79 Å². The van der Waals surface area contributed by atoms with Crippen molar-refractivity contribution in [2.24, 2.45) is 0 Å². The van der Waals surface area contributed by atoms with Crippen LogP contribution in [-0.2, 0) is 14.9 Å². The average Bonchev–Trinajstić information content (AvgIpc) is 3.13. The van der Waals surface area contributed by atoms with Crippen molar-refractivity contribution in [2.75, 3.05) is 13.7 Å². The van der Waals surface area contributed by atoms with Gasteiger partial charge in [-0.25, -0.2) is 0 Å². The third-order valence-corrected chi connectivity index (χ3v) is 5.10. The quantitative estimate of drug-likeness (QED) is 0.850. The molecule has 1 aromatic rings. The van der Waals surface area contributed by atoms with Gasteiger partial charge in [-0.1, -0.05) is 25.0 Å². The molecule has 2 unspecified atom stereocenters. The van der Waals surface area contributed by atoms with Crippen LogP contribution in [0.3, 0.4) is 0 Å². The van der Waals surface area contributed by atoms with E-state index in [0.717, 1.165) is 31.6 Å². The van der Waals surface area contributed by atoms with Crippen molar-refractivity contribution in [1.82, 2.24) is 5.32 Å². The molecule has 4 heteroatoms. The van der Waals surface area contributed by atoms with E-state index in [0.29, 0.717) is 0 Å². The van der Waals surface area contributed by atoms with Gasteiger partial charge in [-0.15, -0.1) is 0 Å². The molecule has 0 radical (unpaired) electrons. The Morgan fingerprint density at radius 2 is 2.14 bits per heavy atom. The molecule has 1 heterocycles. The molecule has 1 N–H and O–H groups in total. The lowest BCUT2D eigenvalue weighted by molar-refractivity contribution is -0.142. The first kappa shape index (κ1) is 15.3. The molecule has 2 fully saturated rings. The maximum atomic E-state index is 11.8. The Balaban J connectivity index is 1.75. The van der Waals surface area contributed by atoms with Gasteiger partial charge in [0.15, 0.2) is 0 Å². The van der Waals surface area contributed by atoms with Crippen LogP contribution in [0.2, 0.25) is 0 Å². The maximum Gasteiger partial charge on any atom is 0.323 e. The predicted molar refractivity (Wildman–Crippen MR) is 85.1 cm³/mol. The Bertz CT molecular complexity index is 537. The van der Waals surface area contributed by atoms with E-state index in [4.69, 9.17) is 9.47 Å². The fraction of sp³-hybridized carbons (Fsp3) is 0.611. The van der Waals surface area contributed by atoms with Gasteiger partial charge in [0.1, 0.15) is 17.9 Å². The van der Waals surface area contributed by atoms with E-state index in [-0.39, 0.29) is 23.5 Å². The highest BCUT2D eigenvalue weighted by Crippen LogP contribution is 2.41. The molecule has 0 amide bonds. The molecule has 1 saturated carbocycles. The maximum absolute atomic E-state index is 11.8. The van der Waals surface area contributed by atoms with Crippen LogP contribution in [0, 0.1) is 0 Å². The van der Waals surface area contributed by atoms with Crippen LogP contribution in [0.4, 0.5) is 0 Å². The molecular formula is C18H25NO3. The van der Waals surface area contributed by atoms with Crippen molar-refractivity contribution < 1.29 is 14.3 Å². The number of methoxy groups -OCH3 is 1. The molecule has 0 aromatic heterocycles. The molecular weight excluding hydrogens is 278 g/mol. The van der Waals surface area contributed by atoms with Gasteiger partial charge in [0.2, 0.25) is 0 Å². The van der Waals surface area contributed by atoms with E-state index in [1.54, 1.807) is 7.11 Å². The lowest BCUT2D eigenvalue weighted by atomic mass is 9.78. The fourth-order valence-electron chi connectivity index (χ4n) is 3.81. The highest BCUT2D eigenvalue weighted by atomic mass is 16.6. The number of rotatable bonds is 5. The Morgan fingerprint density at radius 1 is 1.36 bits per heavy atom. The van der Waals surface area contributed by atoms with E-state index in [2.05, 4.69) is 23.5 Å². The summed E-state index contributed by atoms with van der Waals surface area (Å²) in [6.07, 6.45) is 5.60. The lowest BCUT2D eigenvalue weighted by Crippen LogP contribution is -2.43. The minimum absolute atomic E-state index is 0.0290. The van der Waals surface area contributed by atoms with Crippen LogP contribution >= 0.6 is 0 Å². The molecule has 0 bridgehead atoms. The summed E-state index contributed by atoms with van der Waals surface area (Å²) < 4.78 is 10.6. The van der Waals surface area contributed by atoms with Gasteiger partial charge in [-0.3, -0.25) is 4.79 Å². The Morgan fingerprint density at radius 3 is 2.77 bits per heavy atom. The molecule has 1 aromatic carbocycles. The monoisotopic (exact) mass is 303 g/mol. The summed E-state index contributed by atoms with van der Waals surface area (Å²) in [6.45, 7) is 2.78. The van der Waals surface area contributed by atoms with Crippen molar-refractivity contribution in [2.45, 2.75) is 56.6 Å². The van der Waals surface area contributed by atoms with E-state index >= 15 is 0 Å². The summed E-state index contributed by atoms with van der Waals surface area (Å²) in [4.78, 5) is 11.8. The van der Waals surface area contributed by atoms with Crippen LogP contribution in [0.1, 0.15) is 44.6 Å². The lowest BCUT2D eigenvalue weighted by Gasteiger charge is -2.31. The second kappa shape index (κ2) is 6.29. The van der Waals surface area contributed by atoms with Crippen LogP contribution in [-0.4, -0.2) is 31.8 Å². The van der Waals surface area contributed by atoms with Crippen LogP contribution in [0.15, 0.2) is 24.3 Å². The minimum atomic E-state index is -0.155. The SMILES string of the molecule is COc1cccc(C2(CNC3CC(C)OC3=O)CCCC2)c1. The first-order valence-corrected chi connectivity index (χ1v) is 8.21.